The van der Waals surface area contributed by atoms with Gasteiger partial charge in [0.1, 0.15) is 0 Å². The topological polar surface area (TPSA) is 37.8 Å². The zero-order valence-electron chi connectivity index (χ0n) is 8.79. The molecule has 0 atom stereocenters. The molecule has 0 saturated carbocycles. The number of thioether (sulfide) groups is 1. The molecular formula is C10H17N3S. The summed E-state index contributed by atoms with van der Waals surface area (Å²) in [4.78, 5) is 8.52. The minimum atomic E-state index is 0.866. The summed E-state index contributed by atoms with van der Waals surface area (Å²) in [7, 11) is 0. The molecule has 1 heterocycles. The van der Waals surface area contributed by atoms with E-state index in [0.29, 0.717) is 0 Å². The lowest BCUT2D eigenvalue weighted by Crippen LogP contribution is -2.14. The highest BCUT2D eigenvalue weighted by atomic mass is 32.2. The number of hydrogen-bond acceptors (Lipinski definition) is 4. The monoisotopic (exact) mass is 211 g/mol. The molecule has 0 amide bonds. The molecule has 1 aromatic heterocycles. The maximum absolute atomic E-state index is 4.26. The maximum atomic E-state index is 4.26. The first-order valence-corrected chi connectivity index (χ1v) is 5.99. The average Bonchev–Trinajstić information content (AvgIpc) is 2.21. The van der Waals surface area contributed by atoms with Gasteiger partial charge in [-0.15, -0.1) is 0 Å². The van der Waals surface area contributed by atoms with E-state index in [9.17, 15) is 0 Å². The van der Waals surface area contributed by atoms with Crippen LogP contribution in [0.2, 0.25) is 0 Å². The van der Waals surface area contributed by atoms with E-state index in [4.69, 9.17) is 0 Å². The number of rotatable bonds is 6. The van der Waals surface area contributed by atoms with E-state index in [-0.39, 0.29) is 0 Å². The molecule has 0 aromatic carbocycles. The fraction of sp³-hybridized carbons (Fsp3) is 0.600. The molecule has 1 aromatic rings. The van der Waals surface area contributed by atoms with E-state index in [0.717, 1.165) is 36.0 Å². The highest BCUT2D eigenvalue weighted by Gasteiger charge is 1.96. The van der Waals surface area contributed by atoms with Crippen molar-refractivity contribution in [2.45, 2.75) is 32.0 Å². The summed E-state index contributed by atoms with van der Waals surface area (Å²) in [6, 6.07) is 0. The molecule has 14 heavy (non-hydrogen) atoms. The van der Waals surface area contributed by atoms with Gasteiger partial charge >= 0.3 is 0 Å². The van der Waals surface area contributed by atoms with Crippen molar-refractivity contribution < 1.29 is 0 Å². The van der Waals surface area contributed by atoms with Crippen molar-refractivity contribution in [2.75, 3.05) is 12.3 Å². The van der Waals surface area contributed by atoms with Crippen molar-refractivity contribution in [3.05, 3.63) is 18.0 Å². The first-order chi connectivity index (χ1) is 6.86. The maximum Gasteiger partial charge on any atom is 0.187 e. The third kappa shape index (κ3) is 4.07. The van der Waals surface area contributed by atoms with Crippen LogP contribution in [-0.2, 0) is 6.54 Å². The van der Waals surface area contributed by atoms with Crippen LogP contribution in [-0.4, -0.2) is 22.3 Å². The molecule has 1 N–H and O–H groups in total. The second kappa shape index (κ2) is 6.79. The summed E-state index contributed by atoms with van der Waals surface area (Å²) < 4.78 is 0. The van der Waals surface area contributed by atoms with Gasteiger partial charge in [0.2, 0.25) is 0 Å². The van der Waals surface area contributed by atoms with Gasteiger partial charge in [0.05, 0.1) is 0 Å². The number of hydrogen-bond donors (Lipinski definition) is 1. The highest BCUT2D eigenvalue weighted by Crippen LogP contribution is 2.10. The Morgan fingerprint density at radius 3 is 2.57 bits per heavy atom. The van der Waals surface area contributed by atoms with Crippen LogP contribution in [0.3, 0.4) is 0 Å². The zero-order valence-corrected chi connectivity index (χ0v) is 9.60. The SMILES string of the molecule is CCCNCc1cnc(SCC)nc1. The van der Waals surface area contributed by atoms with Gasteiger partial charge in [0, 0.05) is 24.5 Å². The fourth-order valence-electron chi connectivity index (χ4n) is 1.05. The van der Waals surface area contributed by atoms with Gasteiger partial charge in [-0.3, -0.25) is 0 Å². The molecule has 4 heteroatoms. The van der Waals surface area contributed by atoms with Gasteiger partial charge in [-0.25, -0.2) is 9.97 Å². The summed E-state index contributed by atoms with van der Waals surface area (Å²) in [6.07, 6.45) is 4.95. The minimum absolute atomic E-state index is 0.866. The van der Waals surface area contributed by atoms with Crippen LogP contribution < -0.4 is 5.32 Å². The molecule has 3 nitrogen and oxygen atoms in total. The normalized spacial score (nSPS) is 10.4. The molecule has 0 unspecified atom stereocenters. The summed E-state index contributed by atoms with van der Waals surface area (Å²) in [5.41, 5.74) is 1.15. The lowest BCUT2D eigenvalue weighted by atomic mass is 10.3. The molecule has 0 aliphatic heterocycles. The standard InChI is InChI=1S/C10H17N3S/c1-3-5-11-6-9-7-12-10(13-8-9)14-4-2/h7-8,11H,3-6H2,1-2H3. The predicted octanol–water partition coefficient (Wildman–Crippen LogP) is 2.09. The first kappa shape index (κ1) is 11.5. The van der Waals surface area contributed by atoms with E-state index < -0.39 is 0 Å². The van der Waals surface area contributed by atoms with Crippen LogP contribution in [0.1, 0.15) is 25.8 Å². The van der Waals surface area contributed by atoms with Gasteiger partial charge in [-0.1, -0.05) is 25.6 Å². The molecule has 1 rings (SSSR count). The van der Waals surface area contributed by atoms with Crippen molar-refractivity contribution in [2.24, 2.45) is 0 Å². The molecule has 0 spiro atoms. The van der Waals surface area contributed by atoms with Crippen molar-refractivity contribution in [1.29, 1.82) is 0 Å². The van der Waals surface area contributed by atoms with Crippen LogP contribution in [0.4, 0.5) is 0 Å². The average molecular weight is 211 g/mol. The van der Waals surface area contributed by atoms with Crippen molar-refractivity contribution in [3.8, 4) is 0 Å². The molecule has 0 fully saturated rings. The summed E-state index contributed by atoms with van der Waals surface area (Å²) in [5.74, 6) is 1.02. The molecule has 78 valence electrons. The van der Waals surface area contributed by atoms with Gasteiger partial charge in [0.25, 0.3) is 0 Å². The van der Waals surface area contributed by atoms with Crippen LogP contribution >= 0.6 is 11.8 Å². The Morgan fingerprint density at radius 2 is 2.00 bits per heavy atom. The van der Waals surface area contributed by atoms with E-state index >= 15 is 0 Å². The van der Waals surface area contributed by atoms with Crippen LogP contribution in [0.15, 0.2) is 17.6 Å². The van der Waals surface area contributed by atoms with Gasteiger partial charge < -0.3 is 5.32 Å². The number of nitrogens with zero attached hydrogens (tertiary/aromatic N) is 2. The second-order valence-corrected chi connectivity index (χ2v) is 4.21. The Kier molecular flexibility index (Phi) is 5.56. The summed E-state index contributed by atoms with van der Waals surface area (Å²) >= 11 is 1.67. The third-order valence-corrected chi connectivity index (χ3v) is 2.47. The van der Waals surface area contributed by atoms with Crippen LogP contribution in [0.25, 0.3) is 0 Å². The zero-order chi connectivity index (χ0) is 10.2. The van der Waals surface area contributed by atoms with Crippen LogP contribution in [0.5, 0.6) is 0 Å². The molecule has 0 radical (unpaired) electrons. The van der Waals surface area contributed by atoms with Crippen LogP contribution in [0, 0.1) is 0 Å². The Hall–Kier alpha value is -0.610. The number of aromatic nitrogens is 2. The fourth-order valence-corrected chi connectivity index (χ4v) is 1.56. The number of nitrogens with one attached hydrogen (secondary N) is 1. The quantitative estimate of drug-likeness (QED) is 0.444. The van der Waals surface area contributed by atoms with Crippen molar-refractivity contribution in [1.82, 2.24) is 15.3 Å². The van der Waals surface area contributed by atoms with Gasteiger partial charge in [0.15, 0.2) is 5.16 Å². The molecule has 0 saturated heterocycles. The Labute approximate surface area is 89.7 Å². The predicted molar refractivity (Wildman–Crippen MR) is 60.4 cm³/mol. The van der Waals surface area contributed by atoms with E-state index in [1.165, 1.54) is 0 Å². The second-order valence-electron chi connectivity index (χ2n) is 2.98. The highest BCUT2D eigenvalue weighted by molar-refractivity contribution is 7.99. The summed E-state index contributed by atoms with van der Waals surface area (Å²) in [6.45, 7) is 6.17. The molecule has 0 aliphatic rings. The van der Waals surface area contributed by atoms with Crippen molar-refractivity contribution in [3.63, 3.8) is 0 Å². The largest absolute Gasteiger partial charge is 0.313 e. The lowest BCUT2D eigenvalue weighted by Gasteiger charge is -2.02. The minimum Gasteiger partial charge on any atom is -0.313 e. The third-order valence-electron chi connectivity index (χ3n) is 1.71. The molecular weight excluding hydrogens is 194 g/mol. The van der Waals surface area contributed by atoms with Gasteiger partial charge in [-0.05, 0) is 18.7 Å². The van der Waals surface area contributed by atoms with E-state index in [1.54, 1.807) is 11.8 Å². The molecule has 0 aliphatic carbocycles. The Morgan fingerprint density at radius 1 is 1.29 bits per heavy atom. The smallest absolute Gasteiger partial charge is 0.187 e. The van der Waals surface area contributed by atoms with Crippen molar-refractivity contribution >= 4 is 11.8 Å². The summed E-state index contributed by atoms with van der Waals surface area (Å²) in [5, 5.41) is 4.18. The first-order valence-electron chi connectivity index (χ1n) is 5.01. The Balaban J connectivity index is 2.38. The Bertz CT molecular complexity index is 248. The van der Waals surface area contributed by atoms with E-state index in [1.807, 2.05) is 12.4 Å². The molecule has 0 bridgehead atoms. The lowest BCUT2D eigenvalue weighted by molar-refractivity contribution is 0.669. The van der Waals surface area contributed by atoms with Gasteiger partial charge in [-0.2, -0.15) is 0 Å². The van der Waals surface area contributed by atoms with E-state index in [2.05, 4.69) is 29.1 Å².